The molecule has 0 unspecified atom stereocenters. The molecule has 0 spiro atoms. The van der Waals surface area contributed by atoms with E-state index in [0.29, 0.717) is 0 Å². The Balaban J connectivity index is 3.07. The molecular weight excluding hydrogens is 208 g/mol. The molecule has 0 bridgehead atoms. The lowest BCUT2D eigenvalue weighted by Crippen LogP contribution is -2.11. The van der Waals surface area contributed by atoms with E-state index in [9.17, 15) is 25.1 Å². The van der Waals surface area contributed by atoms with Crippen LogP contribution in [0, 0.1) is 10.1 Å². The zero-order valence-electron chi connectivity index (χ0n) is 7.04. The number of hydrogen-bond acceptors (Lipinski definition) is 6. The van der Waals surface area contributed by atoms with Gasteiger partial charge >= 0.3 is 5.88 Å². The molecule has 3 N–H and O–H groups in total. The van der Waals surface area contributed by atoms with Crippen molar-refractivity contribution in [2.45, 2.75) is 0 Å². The fourth-order valence-electron chi connectivity index (χ4n) is 1.23. The molecule has 0 aromatic carbocycles. The molecule has 78 valence electrons. The first-order valence-corrected chi connectivity index (χ1v) is 3.68. The van der Waals surface area contributed by atoms with Crippen LogP contribution in [0.15, 0.2) is 11.1 Å². The van der Waals surface area contributed by atoms with E-state index >= 15 is 0 Å². The van der Waals surface area contributed by atoms with Crippen LogP contribution < -0.4 is 5.56 Å². The SMILES string of the molecule is O=c1[nH]cnc2c1c(O)c(O)n2[N+](=O)[O-]. The van der Waals surface area contributed by atoms with Crippen LogP contribution in [0.5, 0.6) is 11.6 Å². The van der Waals surface area contributed by atoms with E-state index in [1.807, 2.05) is 0 Å². The normalized spacial score (nSPS) is 10.7. The van der Waals surface area contributed by atoms with Crippen molar-refractivity contribution in [2.75, 3.05) is 0 Å². The van der Waals surface area contributed by atoms with Crippen molar-refractivity contribution in [2.24, 2.45) is 0 Å². The lowest BCUT2D eigenvalue weighted by atomic mass is 10.4. The lowest BCUT2D eigenvalue weighted by Gasteiger charge is -1.91. The summed E-state index contributed by atoms with van der Waals surface area (Å²) in [5.41, 5.74) is -1.19. The number of rotatable bonds is 1. The van der Waals surface area contributed by atoms with Crippen LogP contribution in [0.2, 0.25) is 0 Å². The maximum absolute atomic E-state index is 11.2. The summed E-state index contributed by atoms with van der Waals surface area (Å²) in [6, 6.07) is 0. The van der Waals surface area contributed by atoms with E-state index in [-0.39, 0.29) is 4.68 Å². The maximum atomic E-state index is 11.2. The third-order valence-electron chi connectivity index (χ3n) is 1.85. The summed E-state index contributed by atoms with van der Waals surface area (Å²) >= 11 is 0. The van der Waals surface area contributed by atoms with E-state index < -0.39 is 33.3 Å². The van der Waals surface area contributed by atoms with Crippen molar-refractivity contribution in [3.63, 3.8) is 0 Å². The molecule has 2 aromatic heterocycles. The number of aromatic hydroxyl groups is 2. The Morgan fingerprint density at radius 3 is 2.80 bits per heavy atom. The van der Waals surface area contributed by atoms with Gasteiger partial charge in [0.1, 0.15) is 5.39 Å². The van der Waals surface area contributed by atoms with Gasteiger partial charge in [0.2, 0.25) is 5.65 Å². The molecule has 0 saturated heterocycles. The van der Waals surface area contributed by atoms with Crippen LogP contribution in [-0.2, 0) is 0 Å². The molecule has 0 aliphatic carbocycles. The number of aromatic amines is 1. The first kappa shape index (κ1) is 8.99. The summed E-state index contributed by atoms with van der Waals surface area (Å²) in [6.07, 6.45) is 0.934. The van der Waals surface area contributed by atoms with Crippen LogP contribution in [0.1, 0.15) is 0 Å². The highest BCUT2D eigenvalue weighted by molar-refractivity contribution is 5.85. The Morgan fingerprint density at radius 2 is 2.20 bits per heavy atom. The largest absolute Gasteiger partial charge is 0.502 e. The van der Waals surface area contributed by atoms with Gasteiger partial charge in [-0.25, -0.2) is 15.1 Å². The zero-order valence-corrected chi connectivity index (χ0v) is 7.04. The zero-order chi connectivity index (χ0) is 11.2. The number of nitrogens with one attached hydrogen (secondary N) is 1. The van der Waals surface area contributed by atoms with E-state index in [1.165, 1.54) is 0 Å². The topological polar surface area (TPSA) is 134 Å². The van der Waals surface area contributed by atoms with Gasteiger partial charge in [-0.2, -0.15) is 0 Å². The first-order valence-electron chi connectivity index (χ1n) is 3.68. The lowest BCUT2D eigenvalue weighted by molar-refractivity contribution is -0.539. The van der Waals surface area contributed by atoms with E-state index in [2.05, 4.69) is 9.97 Å². The van der Waals surface area contributed by atoms with Crippen molar-refractivity contribution < 1.29 is 15.2 Å². The second-order valence-electron chi connectivity index (χ2n) is 2.65. The number of nitro groups is 1. The second kappa shape index (κ2) is 2.70. The molecule has 9 heteroatoms. The van der Waals surface area contributed by atoms with Gasteiger partial charge in [0.05, 0.1) is 6.33 Å². The molecule has 2 heterocycles. The van der Waals surface area contributed by atoms with Gasteiger partial charge in [-0.3, -0.25) is 4.79 Å². The Morgan fingerprint density at radius 1 is 1.53 bits per heavy atom. The quantitative estimate of drug-likeness (QED) is 0.417. The molecule has 2 rings (SSSR count). The number of fused-ring (bicyclic) bond motifs is 1. The van der Waals surface area contributed by atoms with Gasteiger partial charge < -0.3 is 15.2 Å². The highest BCUT2D eigenvalue weighted by atomic mass is 16.7. The molecular formula is C6H4N4O5. The number of hydrogen-bond donors (Lipinski definition) is 3. The van der Waals surface area contributed by atoms with Crippen LogP contribution in [0.25, 0.3) is 11.0 Å². The van der Waals surface area contributed by atoms with Crippen molar-refractivity contribution in [3.05, 3.63) is 26.8 Å². The Bertz CT molecular complexity index is 612. The molecule has 0 fully saturated rings. The van der Waals surface area contributed by atoms with Crippen molar-refractivity contribution in [3.8, 4) is 11.6 Å². The summed E-state index contributed by atoms with van der Waals surface area (Å²) in [5.74, 6) is -1.89. The van der Waals surface area contributed by atoms with Crippen molar-refractivity contribution in [1.82, 2.24) is 14.6 Å². The summed E-state index contributed by atoms with van der Waals surface area (Å²) < 4.78 is 0.125. The highest BCUT2D eigenvalue weighted by Crippen LogP contribution is 2.33. The molecule has 9 nitrogen and oxygen atoms in total. The minimum absolute atomic E-state index is 0.125. The van der Waals surface area contributed by atoms with Crippen LogP contribution in [0.4, 0.5) is 0 Å². The van der Waals surface area contributed by atoms with Crippen LogP contribution >= 0.6 is 0 Å². The van der Waals surface area contributed by atoms with E-state index in [4.69, 9.17) is 0 Å². The van der Waals surface area contributed by atoms with E-state index in [1.54, 1.807) is 0 Å². The second-order valence-corrected chi connectivity index (χ2v) is 2.65. The standard InChI is InChI=1S/C6H4N4O5/c11-3-2-4(7-1-8-5(2)12)9(6(3)13)10(14)15/h1,11,13H,(H,7,8,12). The minimum Gasteiger partial charge on any atom is -0.502 e. The number of aromatic nitrogens is 3. The molecule has 0 aliphatic rings. The average Bonchev–Trinajstić information content (AvgIpc) is 2.41. The number of H-pyrrole nitrogens is 1. The van der Waals surface area contributed by atoms with Crippen molar-refractivity contribution in [1.29, 1.82) is 0 Å². The summed E-state index contributed by atoms with van der Waals surface area (Å²) in [4.78, 5) is 27.3. The molecule has 15 heavy (non-hydrogen) atoms. The minimum atomic E-state index is -1.03. The van der Waals surface area contributed by atoms with Crippen molar-refractivity contribution >= 4 is 11.0 Å². The van der Waals surface area contributed by atoms with Gasteiger partial charge in [-0.05, 0) is 4.68 Å². The molecule has 0 aliphatic heterocycles. The van der Waals surface area contributed by atoms with Gasteiger partial charge in [0.15, 0.2) is 10.8 Å². The fraction of sp³-hybridized carbons (Fsp3) is 0. The molecule has 0 radical (unpaired) electrons. The van der Waals surface area contributed by atoms with E-state index in [0.717, 1.165) is 6.33 Å². The third-order valence-corrected chi connectivity index (χ3v) is 1.85. The Hall–Kier alpha value is -2.58. The smallest absolute Gasteiger partial charge is 0.302 e. The first-order chi connectivity index (χ1) is 7.04. The van der Waals surface area contributed by atoms with Crippen LogP contribution in [0.3, 0.4) is 0 Å². The summed E-state index contributed by atoms with van der Waals surface area (Å²) in [5, 5.41) is 27.6. The van der Waals surface area contributed by atoms with Gasteiger partial charge in [0, 0.05) is 0 Å². The van der Waals surface area contributed by atoms with Crippen LogP contribution in [-0.4, -0.2) is 29.9 Å². The highest BCUT2D eigenvalue weighted by Gasteiger charge is 2.26. The van der Waals surface area contributed by atoms with Gasteiger partial charge in [0.25, 0.3) is 5.56 Å². The molecule has 0 atom stereocenters. The summed E-state index contributed by atoms with van der Waals surface area (Å²) in [6.45, 7) is 0. The Labute approximate surface area is 80.3 Å². The third kappa shape index (κ3) is 1.03. The molecule has 0 saturated carbocycles. The summed E-state index contributed by atoms with van der Waals surface area (Å²) in [7, 11) is 0. The number of nitrogens with zero attached hydrogens (tertiary/aromatic N) is 3. The maximum Gasteiger partial charge on any atom is 0.302 e. The molecule has 0 amide bonds. The monoisotopic (exact) mass is 212 g/mol. The Kier molecular flexibility index (Phi) is 1.62. The van der Waals surface area contributed by atoms with Gasteiger partial charge in [-0.15, -0.1) is 0 Å². The fourth-order valence-corrected chi connectivity index (χ4v) is 1.23. The molecule has 2 aromatic rings. The average molecular weight is 212 g/mol. The van der Waals surface area contributed by atoms with Gasteiger partial charge in [-0.1, -0.05) is 0 Å². The predicted octanol–water partition coefficient (Wildman–Crippen LogP) is -0.824. The predicted molar refractivity (Wildman–Crippen MR) is 46.1 cm³/mol.